The number of aryl methyl sites for hydroxylation is 1. The van der Waals surface area contributed by atoms with E-state index in [1.54, 1.807) is 0 Å². The smallest absolute Gasteiger partial charge is 0.0491 e. The van der Waals surface area contributed by atoms with Crippen LogP contribution in [0.15, 0.2) is 48.5 Å². The maximum absolute atomic E-state index is 3.95. The third-order valence-corrected chi connectivity index (χ3v) is 3.06. The normalized spacial score (nSPS) is 11.3. The highest BCUT2D eigenvalue weighted by Gasteiger charge is 2.07. The van der Waals surface area contributed by atoms with E-state index in [4.69, 9.17) is 0 Å². The van der Waals surface area contributed by atoms with Crippen LogP contribution < -0.4 is 0 Å². The average Bonchev–Trinajstić information content (AvgIpc) is 2.66. The maximum atomic E-state index is 3.95. The predicted molar refractivity (Wildman–Crippen MR) is 69.4 cm³/mol. The summed E-state index contributed by atoms with van der Waals surface area (Å²) >= 11 is 0. The molecule has 0 aliphatic heterocycles. The highest BCUT2D eigenvalue weighted by molar-refractivity contribution is 6.07. The van der Waals surface area contributed by atoms with Gasteiger partial charge in [0, 0.05) is 28.4 Å². The molecule has 0 bridgehead atoms. The lowest BCUT2D eigenvalue weighted by molar-refractivity contribution is 0.760. The molecule has 0 aliphatic carbocycles. The molecule has 0 atom stereocenters. The minimum absolute atomic E-state index is 0.919. The van der Waals surface area contributed by atoms with E-state index in [9.17, 15) is 0 Å². The summed E-state index contributed by atoms with van der Waals surface area (Å²) in [6, 6.07) is 17.2. The second kappa shape index (κ2) is 3.67. The molecule has 0 amide bonds. The van der Waals surface area contributed by atoms with Crippen molar-refractivity contribution in [2.24, 2.45) is 0 Å². The molecule has 3 rings (SSSR count). The molecule has 1 heterocycles. The van der Waals surface area contributed by atoms with Crippen LogP contribution >= 0.6 is 0 Å². The number of rotatable bonds is 2. The zero-order chi connectivity index (χ0) is 11.0. The number of nitrogens with zero attached hydrogens (tertiary/aromatic N) is 1. The quantitative estimate of drug-likeness (QED) is 0.599. The van der Waals surface area contributed by atoms with Crippen LogP contribution in [0.1, 0.15) is 6.42 Å². The number of hydrogen-bond donors (Lipinski definition) is 0. The van der Waals surface area contributed by atoms with E-state index >= 15 is 0 Å². The average molecular weight is 208 g/mol. The molecular formula is C15H14N. The second-order valence-corrected chi connectivity index (χ2v) is 4.04. The van der Waals surface area contributed by atoms with Crippen molar-refractivity contribution in [3.05, 3.63) is 55.5 Å². The first-order valence-corrected chi connectivity index (χ1v) is 5.67. The fraction of sp³-hybridized carbons (Fsp3) is 0.133. The lowest BCUT2D eigenvalue weighted by Gasteiger charge is -2.04. The highest BCUT2D eigenvalue weighted by atomic mass is 15.0. The van der Waals surface area contributed by atoms with Crippen molar-refractivity contribution < 1.29 is 0 Å². The van der Waals surface area contributed by atoms with Crippen LogP contribution in [0.4, 0.5) is 0 Å². The highest BCUT2D eigenvalue weighted by Crippen LogP contribution is 2.28. The fourth-order valence-corrected chi connectivity index (χ4v) is 2.40. The molecule has 0 saturated carbocycles. The standard InChI is InChI=1S/C15H14N/c1-2-11-16-14-9-5-3-7-12(14)13-8-4-6-10-15(13)16/h3-10H,1-2,11H2. The van der Waals surface area contributed by atoms with Gasteiger partial charge in [-0.15, -0.1) is 0 Å². The largest absolute Gasteiger partial charge is 0.340 e. The fourth-order valence-electron chi connectivity index (χ4n) is 2.40. The Bertz CT molecular complexity index is 581. The van der Waals surface area contributed by atoms with Gasteiger partial charge in [-0.05, 0) is 18.6 Å². The van der Waals surface area contributed by atoms with Crippen molar-refractivity contribution >= 4 is 21.8 Å². The molecule has 0 aliphatic rings. The number of fused-ring (bicyclic) bond motifs is 3. The lowest BCUT2D eigenvalue weighted by atomic mass is 10.2. The Kier molecular flexibility index (Phi) is 2.17. The van der Waals surface area contributed by atoms with E-state index in [2.05, 4.69) is 60.0 Å². The van der Waals surface area contributed by atoms with Gasteiger partial charge in [0.05, 0.1) is 0 Å². The zero-order valence-corrected chi connectivity index (χ0v) is 9.19. The second-order valence-electron chi connectivity index (χ2n) is 4.04. The van der Waals surface area contributed by atoms with Gasteiger partial charge in [0.15, 0.2) is 0 Å². The summed E-state index contributed by atoms with van der Waals surface area (Å²) in [5, 5.41) is 2.68. The van der Waals surface area contributed by atoms with E-state index in [1.165, 1.54) is 21.8 Å². The summed E-state index contributed by atoms with van der Waals surface area (Å²) in [6.07, 6.45) is 0.919. The summed E-state index contributed by atoms with van der Waals surface area (Å²) in [5.41, 5.74) is 2.62. The number of hydrogen-bond acceptors (Lipinski definition) is 0. The maximum Gasteiger partial charge on any atom is 0.0491 e. The molecule has 1 aromatic heterocycles. The summed E-state index contributed by atoms with van der Waals surface area (Å²) in [6.45, 7) is 4.93. The number of aromatic nitrogens is 1. The summed E-state index contributed by atoms with van der Waals surface area (Å²) in [7, 11) is 0. The van der Waals surface area contributed by atoms with E-state index < -0.39 is 0 Å². The molecule has 1 heteroatoms. The molecule has 0 fully saturated rings. The van der Waals surface area contributed by atoms with Gasteiger partial charge >= 0.3 is 0 Å². The van der Waals surface area contributed by atoms with Crippen LogP contribution in [-0.2, 0) is 6.54 Å². The van der Waals surface area contributed by atoms with Crippen LogP contribution in [0.2, 0.25) is 0 Å². The Hall–Kier alpha value is -1.76. The predicted octanol–water partition coefficient (Wildman–Crippen LogP) is 4.02. The van der Waals surface area contributed by atoms with Gasteiger partial charge in [-0.25, -0.2) is 0 Å². The van der Waals surface area contributed by atoms with E-state index in [0.717, 1.165) is 13.0 Å². The van der Waals surface area contributed by atoms with Crippen LogP contribution in [0.5, 0.6) is 0 Å². The first-order chi connectivity index (χ1) is 7.92. The third kappa shape index (κ3) is 1.25. The van der Waals surface area contributed by atoms with E-state index in [0.29, 0.717) is 0 Å². The van der Waals surface area contributed by atoms with Crippen LogP contribution in [0.25, 0.3) is 21.8 Å². The van der Waals surface area contributed by atoms with Crippen molar-refractivity contribution in [1.29, 1.82) is 0 Å². The first-order valence-electron chi connectivity index (χ1n) is 5.67. The van der Waals surface area contributed by atoms with Gasteiger partial charge in [-0.2, -0.15) is 0 Å². The van der Waals surface area contributed by atoms with Gasteiger partial charge in [0.1, 0.15) is 0 Å². The Morgan fingerprint density at radius 3 is 1.81 bits per heavy atom. The third-order valence-electron chi connectivity index (χ3n) is 3.06. The van der Waals surface area contributed by atoms with Crippen molar-refractivity contribution in [3.63, 3.8) is 0 Å². The van der Waals surface area contributed by atoms with Crippen LogP contribution in [0, 0.1) is 6.92 Å². The summed E-state index contributed by atoms with van der Waals surface area (Å²) in [4.78, 5) is 0. The first kappa shape index (κ1) is 9.46. The molecular weight excluding hydrogens is 194 g/mol. The molecule has 1 nitrogen and oxygen atoms in total. The van der Waals surface area contributed by atoms with Crippen molar-refractivity contribution in [2.75, 3.05) is 0 Å². The number of para-hydroxylation sites is 2. The van der Waals surface area contributed by atoms with Crippen LogP contribution in [-0.4, -0.2) is 4.57 Å². The minimum Gasteiger partial charge on any atom is -0.340 e. The molecule has 3 aromatic rings. The molecule has 79 valence electrons. The van der Waals surface area contributed by atoms with E-state index in [-0.39, 0.29) is 0 Å². The molecule has 2 aromatic carbocycles. The van der Waals surface area contributed by atoms with Crippen molar-refractivity contribution in [2.45, 2.75) is 13.0 Å². The van der Waals surface area contributed by atoms with Crippen molar-refractivity contribution in [1.82, 2.24) is 4.57 Å². The minimum atomic E-state index is 0.919. The van der Waals surface area contributed by atoms with E-state index in [1.807, 2.05) is 0 Å². The Morgan fingerprint density at radius 1 is 0.812 bits per heavy atom. The Morgan fingerprint density at radius 2 is 1.31 bits per heavy atom. The molecule has 0 saturated heterocycles. The zero-order valence-electron chi connectivity index (χ0n) is 9.19. The van der Waals surface area contributed by atoms with Gasteiger partial charge in [-0.1, -0.05) is 43.3 Å². The molecule has 0 spiro atoms. The van der Waals surface area contributed by atoms with Gasteiger partial charge in [0.2, 0.25) is 0 Å². The molecule has 0 unspecified atom stereocenters. The monoisotopic (exact) mass is 208 g/mol. The van der Waals surface area contributed by atoms with Gasteiger partial charge < -0.3 is 4.57 Å². The molecule has 1 radical (unpaired) electrons. The van der Waals surface area contributed by atoms with Gasteiger partial charge in [0.25, 0.3) is 0 Å². The lowest BCUT2D eigenvalue weighted by Crippen LogP contribution is -1.95. The van der Waals surface area contributed by atoms with Crippen molar-refractivity contribution in [3.8, 4) is 0 Å². The topological polar surface area (TPSA) is 4.93 Å². The SMILES string of the molecule is [CH2]CCn1c2ccccc2c2ccccc21. The number of benzene rings is 2. The summed E-state index contributed by atoms with van der Waals surface area (Å²) < 4.78 is 2.36. The molecule has 16 heavy (non-hydrogen) atoms. The van der Waals surface area contributed by atoms with Gasteiger partial charge in [-0.3, -0.25) is 0 Å². The Balaban J connectivity index is 2.49. The van der Waals surface area contributed by atoms with Crippen LogP contribution in [0.3, 0.4) is 0 Å². The Labute approximate surface area is 95.3 Å². The summed E-state index contributed by atoms with van der Waals surface area (Å²) in [5.74, 6) is 0. The molecule has 0 N–H and O–H groups in total.